The summed E-state index contributed by atoms with van der Waals surface area (Å²) in [6.07, 6.45) is 6.52. The van der Waals surface area contributed by atoms with Crippen molar-refractivity contribution < 1.29 is 4.79 Å². The zero-order chi connectivity index (χ0) is 17.9. The molecule has 0 unspecified atom stereocenters. The summed E-state index contributed by atoms with van der Waals surface area (Å²) in [5.74, 6) is 1.56. The third-order valence-electron chi connectivity index (χ3n) is 4.40. The summed E-state index contributed by atoms with van der Waals surface area (Å²) in [4.78, 5) is 16.1. The lowest BCUT2D eigenvalue weighted by molar-refractivity contribution is 0.0935. The van der Waals surface area contributed by atoms with Gasteiger partial charge in [-0.05, 0) is 36.6 Å². The van der Waals surface area contributed by atoms with E-state index in [0.29, 0.717) is 5.56 Å². The predicted molar refractivity (Wildman–Crippen MR) is 104 cm³/mol. The van der Waals surface area contributed by atoms with Gasteiger partial charge in [-0.1, -0.05) is 24.3 Å². The van der Waals surface area contributed by atoms with Crippen molar-refractivity contribution in [3.63, 3.8) is 0 Å². The summed E-state index contributed by atoms with van der Waals surface area (Å²) >= 11 is 1.74. The molecule has 3 aromatic heterocycles. The maximum Gasteiger partial charge on any atom is 0.254 e. The van der Waals surface area contributed by atoms with Gasteiger partial charge in [0.05, 0.1) is 11.6 Å². The first-order chi connectivity index (χ1) is 12.8. The summed E-state index contributed by atoms with van der Waals surface area (Å²) in [5.41, 5.74) is 2.37. The Kier molecular flexibility index (Phi) is 4.62. The maximum atomic E-state index is 12.9. The van der Waals surface area contributed by atoms with Crippen molar-refractivity contribution in [2.75, 3.05) is 12.0 Å². The monoisotopic (exact) mass is 365 g/mol. The molecule has 1 atom stereocenters. The molecule has 4 aromatic rings. The van der Waals surface area contributed by atoms with Crippen LogP contribution in [0.4, 0.5) is 0 Å². The van der Waals surface area contributed by atoms with Gasteiger partial charge in [-0.2, -0.15) is 11.8 Å². The molecular weight excluding hydrogens is 346 g/mol. The lowest BCUT2D eigenvalue weighted by atomic mass is 10.1. The Bertz CT molecular complexity index is 1050. The first kappa shape index (κ1) is 16.7. The summed E-state index contributed by atoms with van der Waals surface area (Å²) < 4.78 is 1.93. The molecule has 6 nitrogen and oxygen atoms in total. The molecule has 26 heavy (non-hydrogen) atoms. The van der Waals surface area contributed by atoms with Crippen LogP contribution in [-0.2, 0) is 0 Å². The van der Waals surface area contributed by atoms with Crippen LogP contribution in [0.25, 0.3) is 16.6 Å². The molecule has 0 aliphatic carbocycles. The molecule has 0 aliphatic rings. The van der Waals surface area contributed by atoms with Crippen LogP contribution in [-0.4, -0.2) is 37.5 Å². The van der Waals surface area contributed by atoms with Crippen LogP contribution >= 0.6 is 11.8 Å². The molecule has 0 fully saturated rings. The molecular formula is C19H19N5OS. The molecule has 2 N–H and O–H groups in total. The minimum absolute atomic E-state index is 0.110. The highest BCUT2D eigenvalue weighted by Gasteiger charge is 2.22. The number of benzene rings is 1. The topological polar surface area (TPSA) is 75.1 Å². The molecule has 0 bridgehead atoms. The van der Waals surface area contributed by atoms with Gasteiger partial charge in [0.2, 0.25) is 0 Å². The molecule has 0 aliphatic heterocycles. The first-order valence-corrected chi connectivity index (χ1v) is 9.83. The number of hydrogen-bond donors (Lipinski definition) is 2. The predicted octanol–water partition coefficient (Wildman–Crippen LogP) is 3.43. The molecule has 0 saturated heterocycles. The van der Waals surface area contributed by atoms with E-state index in [0.717, 1.165) is 34.5 Å². The number of aromatic nitrogens is 4. The molecule has 4 rings (SSSR count). The smallest absolute Gasteiger partial charge is 0.254 e. The Morgan fingerprint density at radius 3 is 2.96 bits per heavy atom. The molecule has 1 amide bonds. The van der Waals surface area contributed by atoms with Gasteiger partial charge in [0, 0.05) is 23.3 Å². The summed E-state index contributed by atoms with van der Waals surface area (Å²) in [6.45, 7) is 0. The number of pyridine rings is 1. The second-order valence-corrected chi connectivity index (χ2v) is 7.03. The van der Waals surface area contributed by atoms with Crippen LogP contribution in [0, 0.1) is 0 Å². The molecule has 3 heterocycles. The molecule has 7 heteroatoms. The number of thioether (sulfide) groups is 1. The molecule has 0 spiro atoms. The second kappa shape index (κ2) is 7.21. The van der Waals surface area contributed by atoms with Crippen molar-refractivity contribution in [3.8, 4) is 0 Å². The van der Waals surface area contributed by atoms with E-state index >= 15 is 0 Å². The van der Waals surface area contributed by atoms with Gasteiger partial charge in [-0.25, -0.2) is 0 Å². The summed E-state index contributed by atoms with van der Waals surface area (Å²) in [6, 6.07) is 13.4. The quantitative estimate of drug-likeness (QED) is 0.549. The van der Waals surface area contributed by atoms with Crippen LogP contribution in [0.5, 0.6) is 0 Å². The highest BCUT2D eigenvalue weighted by Crippen LogP contribution is 2.22. The van der Waals surface area contributed by atoms with Gasteiger partial charge < -0.3 is 10.3 Å². The average molecular weight is 365 g/mol. The minimum atomic E-state index is -0.207. The number of amides is 1. The Morgan fingerprint density at radius 2 is 2.08 bits per heavy atom. The largest absolute Gasteiger partial charge is 0.360 e. The summed E-state index contributed by atoms with van der Waals surface area (Å²) in [5, 5.41) is 12.6. The third kappa shape index (κ3) is 3.06. The average Bonchev–Trinajstić information content (AvgIpc) is 3.29. The number of H-pyrrole nitrogens is 1. The first-order valence-electron chi connectivity index (χ1n) is 8.43. The second-order valence-electron chi connectivity index (χ2n) is 6.04. The molecule has 132 valence electrons. The van der Waals surface area contributed by atoms with Crippen LogP contribution in [0.3, 0.4) is 0 Å². The number of rotatable bonds is 6. The van der Waals surface area contributed by atoms with Crippen LogP contribution in [0.1, 0.15) is 28.6 Å². The fourth-order valence-electron chi connectivity index (χ4n) is 3.09. The van der Waals surface area contributed by atoms with Crippen molar-refractivity contribution in [2.24, 2.45) is 0 Å². The fourth-order valence-corrected chi connectivity index (χ4v) is 3.57. The normalized spacial score (nSPS) is 12.5. The lowest BCUT2D eigenvalue weighted by Gasteiger charge is -2.17. The Hall–Kier alpha value is -2.80. The maximum absolute atomic E-state index is 12.9. The van der Waals surface area contributed by atoms with Gasteiger partial charge in [-0.3, -0.25) is 9.20 Å². The SMILES string of the molecule is CSCC[C@H](NC(=O)c1c[nH]c2ccccc12)c1nnc2ccccn12. The van der Waals surface area contributed by atoms with Crippen molar-refractivity contribution in [1.82, 2.24) is 24.9 Å². The number of carbonyl (C=O) groups excluding carboxylic acids is 1. The van der Waals surface area contributed by atoms with Gasteiger partial charge in [0.15, 0.2) is 11.5 Å². The molecule has 0 saturated carbocycles. The zero-order valence-electron chi connectivity index (χ0n) is 14.3. The molecule has 0 radical (unpaired) electrons. The van der Waals surface area contributed by atoms with Gasteiger partial charge in [-0.15, -0.1) is 10.2 Å². The van der Waals surface area contributed by atoms with Gasteiger partial charge >= 0.3 is 0 Å². The van der Waals surface area contributed by atoms with Crippen LogP contribution in [0.2, 0.25) is 0 Å². The number of para-hydroxylation sites is 1. The van der Waals surface area contributed by atoms with E-state index in [-0.39, 0.29) is 11.9 Å². The number of fused-ring (bicyclic) bond motifs is 2. The highest BCUT2D eigenvalue weighted by atomic mass is 32.2. The standard InChI is InChI=1S/C19H19N5OS/c1-26-11-9-16(18-23-22-17-8-4-5-10-24(17)18)21-19(25)14-12-20-15-7-3-2-6-13(14)15/h2-8,10,12,16,20H,9,11H2,1H3,(H,21,25)/t16-/m0/s1. The number of nitrogens with one attached hydrogen (secondary N) is 2. The van der Waals surface area contributed by atoms with Crippen LogP contribution < -0.4 is 5.32 Å². The highest BCUT2D eigenvalue weighted by molar-refractivity contribution is 7.98. The fraction of sp³-hybridized carbons (Fsp3) is 0.211. The van der Waals surface area contributed by atoms with E-state index in [2.05, 4.69) is 26.8 Å². The number of hydrogen-bond acceptors (Lipinski definition) is 4. The Labute approximate surface area is 155 Å². The molecule has 1 aromatic carbocycles. The van der Waals surface area contributed by atoms with E-state index in [9.17, 15) is 4.79 Å². The Morgan fingerprint density at radius 1 is 1.23 bits per heavy atom. The van der Waals surface area contributed by atoms with Gasteiger partial charge in [0.1, 0.15) is 0 Å². The summed E-state index contributed by atoms with van der Waals surface area (Å²) in [7, 11) is 0. The lowest BCUT2D eigenvalue weighted by Crippen LogP contribution is -2.30. The van der Waals surface area contributed by atoms with E-state index in [1.165, 1.54) is 0 Å². The minimum Gasteiger partial charge on any atom is -0.360 e. The number of carbonyl (C=O) groups is 1. The van der Waals surface area contributed by atoms with Crippen LogP contribution in [0.15, 0.2) is 54.9 Å². The number of nitrogens with zero attached hydrogens (tertiary/aromatic N) is 3. The van der Waals surface area contributed by atoms with Crippen molar-refractivity contribution >= 4 is 34.2 Å². The van der Waals surface area contributed by atoms with E-state index in [1.807, 2.05) is 53.1 Å². The van der Waals surface area contributed by atoms with E-state index < -0.39 is 0 Å². The van der Waals surface area contributed by atoms with Crippen molar-refractivity contribution in [3.05, 3.63) is 66.2 Å². The van der Waals surface area contributed by atoms with E-state index in [4.69, 9.17) is 0 Å². The zero-order valence-corrected chi connectivity index (χ0v) is 15.2. The third-order valence-corrected chi connectivity index (χ3v) is 5.05. The number of aromatic amines is 1. The Balaban J connectivity index is 1.66. The van der Waals surface area contributed by atoms with E-state index in [1.54, 1.807) is 18.0 Å². The van der Waals surface area contributed by atoms with Gasteiger partial charge in [0.25, 0.3) is 5.91 Å². The van der Waals surface area contributed by atoms with Crippen molar-refractivity contribution in [1.29, 1.82) is 0 Å². The van der Waals surface area contributed by atoms with Crippen molar-refractivity contribution in [2.45, 2.75) is 12.5 Å².